The molecule has 3 aromatic carbocycles. The van der Waals surface area contributed by atoms with Gasteiger partial charge in [0.05, 0.1) is 13.2 Å². The second-order valence-corrected chi connectivity index (χ2v) is 12.3. The van der Waals surface area contributed by atoms with Crippen LogP contribution in [0.2, 0.25) is 0 Å². The predicted molar refractivity (Wildman–Crippen MR) is 173 cm³/mol. The van der Waals surface area contributed by atoms with E-state index in [0.717, 1.165) is 30.4 Å². The summed E-state index contributed by atoms with van der Waals surface area (Å²) in [6.07, 6.45) is 4.06. The van der Waals surface area contributed by atoms with Gasteiger partial charge < -0.3 is 19.7 Å². The topological polar surface area (TPSA) is 84.9 Å². The SMILES string of the molecule is [B]C(C(=O)NC(C)(C)C)(c1ccccc1OCCCCCC(=O)OCC)N(C(=O)c1ccc(-c2ccccc2)cc1)C1CC1. The first kappa shape index (κ1) is 32.8. The van der Waals surface area contributed by atoms with Gasteiger partial charge in [-0.05, 0) is 89.1 Å². The minimum atomic E-state index is -1.83. The molecule has 4 rings (SSSR count). The van der Waals surface area contributed by atoms with Crippen molar-refractivity contribution in [1.82, 2.24) is 10.2 Å². The second-order valence-electron chi connectivity index (χ2n) is 12.3. The van der Waals surface area contributed by atoms with E-state index in [1.807, 2.05) is 69.3 Å². The lowest BCUT2D eigenvalue weighted by atomic mass is 9.68. The molecular weight excluding hydrogens is 551 g/mol. The van der Waals surface area contributed by atoms with Gasteiger partial charge in [0.2, 0.25) is 5.91 Å². The molecular formula is C36H43BN2O5. The normalized spacial score (nSPS) is 14.3. The Morgan fingerprint density at radius 1 is 0.864 bits per heavy atom. The Balaban J connectivity index is 1.62. The number of hydrogen-bond donors (Lipinski definition) is 1. The largest absolute Gasteiger partial charge is 0.493 e. The van der Waals surface area contributed by atoms with Crippen molar-refractivity contribution in [1.29, 1.82) is 0 Å². The molecule has 1 fully saturated rings. The quantitative estimate of drug-likeness (QED) is 0.133. The number of rotatable bonds is 14. The number of nitrogens with zero attached hydrogens (tertiary/aromatic N) is 1. The van der Waals surface area contributed by atoms with Gasteiger partial charge in [-0.15, -0.1) is 0 Å². The summed E-state index contributed by atoms with van der Waals surface area (Å²) in [5, 5.41) is 3.03. The maximum Gasteiger partial charge on any atom is 0.305 e. The van der Waals surface area contributed by atoms with E-state index >= 15 is 0 Å². The van der Waals surface area contributed by atoms with Crippen LogP contribution in [0.4, 0.5) is 0 Å². The van der Waals surface area contributed by atoms with Crippen LogP contribution in [0, 0.1) is 0 Å². The first-order valence-corrected chi connectivity index (χ1v) is 15.5. The Bertz CT molecular complexity index is 1420. The molecule has 0 aromatic heterocycles. The Morgan fingerprint density at radius 3 is 2.14 bits per heavy atom. The number of carbonyl (C=O) groups is 3. The molecule has 3 aromatic rings. The molecule has 1 aliphatic rings. The van der Waals surface area contributed by atoms with Crippen molar-refractivity contribution in [3.63, 3.8) is 0 Å². The van der Waals surface area contributed by atoms with Crippen LogP contribution in [0.1, 0.15) is 82.1 Å². The molecule has 1 saturated carbocycles. The summed E-state index contributed by atoms with van der Waals surface area (Å²) in [7, 11) is 7.19. The lowest BCUT2D eigenvalue weighted by Crippen LogP contribution is -2.62. The standard InChI is InChI=1S/C36H43BN2O5/c1-5-43-32(40)18-10-7-13-25-44-31-17-12-11-16-30(31)36(37,34(42)38-35(2,3)4)39(29-23-24-29)33(41)28-21-19-27(20-22-28)26-14-8-6-9-15-26/h6,8-9,11-12,14-17,19-22,29H,5,7,10,13,18,23-25H2,1-4H3,(H,38,42). The zero-order chi connectivity index (χ0) is 31.7. The number of amides is 2. The highest BCUT2D eigenvalue weighted by molar-refractivity contribution is 6.30. The number of ether oxygens (including phenoxy) is 2. The average Bonchev–Trinajstić information content (AvgIpc) is 3.84. The number of benzene rings is 3. The molecule has 230 valence electrons. The summed E-state index contributed by atoms with van der Waals surface area (Å²) in [6.45, 7) is 8.19. The molecule has 0 aliphatic heterocycles. The van der Waals surface area contributed by atoms with Crippen molar-refractivity contribution in [3.8, 4) is 16.9 Å². The van der Waals surface area contributed by atoms with Crippen LogP contribution in [-0.4, -0.2) is 55.3 Å². The lowest BCUT2D eigenvalue weighted by Gasteiger charge is -2.43. The number of unbranched alkanes of at least 4 members (excludes halogenated alkanes) is 2. The number of carbonyl (C=O) groups excluding carboxylic acids is 3. The van der Waals surface area contributed by atoms with E-state index in [-0.39, 0.29) is 17.9 Å². The maximum atomic E-state index is 14.3. The van der Waals surface area contributed by atoms with Gasteiger partial charge in [-0.3, -0.25) is 14.4 Å². The Hall–Kier alpha value is -4.07. The molecule has 1 unspecified atom stereocenters. The smallest absolute Gasteiger partial charge is 0.305 e. The fraction of sp³-hybridized carbons (Fsp3) is 0.417. The minimum absolute atomic E-state index is 0.192. The molecule has 8 heteroatoms. The first-order valence-electron chi connectivity index (χ1n) is 15.5. The fourth-order valence-electron chi connectivity index (χ4n) is 5.19. The summed E-state index contributed by atoms with van der Waals surface area (Å²) < 4.78 is 11.2. The molecule has 1 N–H and O–H groups in total. The third kappa shape index (κ3) is 8.31. The monoisotopic (exact) mass is 594 g/mol. The summed E-state index contributed by atoms with van der Waals surface area (Å²) in [5.74, 6) is -0.539. The molecule has 0 heterocycles. The van der Waals surface area contributed by atoms with E-state index in [9.17, 15) is 14.4 Å². The highest BCUT2D eigenvalue weighted by Crippen LogP contribution is 2.42. The van der Waals surface area contributed by atoms with E-state index in [4.69, 9.17) is 17.3 Å². The Labute approximate surface area is 262 Å². The molecule has 44 heavy (non-hydrogen) atoms. The molecule has 2 radical (unpaired) electrons. The Morgan fingerprint density at radius 2 is 1.50 bits per heavy atom. The van der Waals surface area contributed by atoms with Crippen molar-refractivity contribution >= 4 is 25.6 Å². The molecule has 1 aliphatic carbocycles. The highest BCUT2D eigenvalue weighted by Gasteiger charge is 2.51. The lowest BCUT2D eigenvalue weighted by molar-refractivity contribution is -0.143. The number of nitrogens with one attached hydrogen (secondary N) is 1. The van der Waals surface area contributed by atoms with Crippen LogP contribution in [0.15, 0.2) is 78.9 Å². The van der Waals surface area contributed by atoms with Gasteiger partial charge in [-0.1, -0.05) is 60.7 Å². The van der Waals surface area contributed by atoms with Crippen molar-refractivity contribution < 1.29 is 23.9 Å². The van der Waals surface area contributed by atoms with Crippen molar-refractivity contribution in [2.75, 3.05) is 13.2 Å². The van der Waals surface area contributed by atoms with Crippen LogP contribution in [0.5, 0.6) is 5.75 Å². The van der Waals surface area contributed by atoms with E-state index in [1.54, 1.807) is 42.2 Å². The number of para-hydroxylation sites is 1. The van der Waals surface area contributed by atoms with E-state index in [1.165, 1.54) is 0 Å². The van der Waals surface area contributed by atoms with Gasteiger partial charge in [0.1, 0.15) is 19.0 Å². The van der Waals surface area contributed by atoms with Crippen LogP contribution in [0.3, 0.4) is 0 Å². The number of esters is 1. The van der Waals surface area contributed by atoms with E-state index in [0.29, 0.717) is 49.4 Å². The zero-order valence-corrected chi connectivity index (χ0v) is 26.3. The third-order valence-electron chi connectivity index (χ3n) is 7.47. The van der Waals surface area contributed by atoms with Gasteiger partial charge in [0, 0.05) is 29.1 Å². The van der Waals surface area contributed by atoms with Crippen LogP contribution >= 0.6 is 0 Å². The molecule has 0 spiro atoms. The second kappa shape index (κ2) is 14.6. The molecule has 1 atom stereocenters. The zero-order valence-electron chi connectivity index (χ0n) is 26.3. The maximum absolute atomic E-state index is 14.3. The summed E-state index contributed by atoms with van der Waals surface area (Å²) in [4.78, 5) is 41.7. The van der Waals surface area contributed by atoms with Gasteiger partial charge in [-0.2, -0.15) is 0 Å². The fourth-order valence-corrected chi connectivity index (χ4v) is 5.19. The molecule has 2 amide bonds. The summed E-state index contributed by atoms with van der Waals surface area (Å²) in [6, 6.07) is 24.4. The highest BCUT2D eigenvalue weighted by atomic mass is 16.5. The van der Waals surface area contributed by atoms with E-state index in [2.05, 4.69) is 5.32 Å². The number of hydrogen-bond acceptors (Lipinski definition) is 5. The summed E-state index contributed by atoms with van der Waals surface area (Å²) >= 11 is 0. The Kier molecular flexibility index (Phi) is 10.9. The van der Waals surface area contributed by atoms with E-state index < -0.39 is 16.9 Å². The predicted octanol–water partition coefficient (Wildman–Crippen LogP) is 6.40. The summed E-state index contributed by atoms with van der Waals surface area (Å²) in [5.41, 5.74) is 0.501. The van der Waals surface area contributed by atoms with Gasteiger partial charge >= 0.3 is 5.97 Å². The molecule has 7 nitrogen and oxygen atoms in total. The van der Waals surface area contributed by atoms with Crippen LogP contribution in [-0.2, 0) is 19.8 Å². The first-order chi connectivity index (χ1) is 21.0. The molecule has 0 saturated heterocycles. The molecule has 0 bridgehead atoms. The van der Waals surface area contributed by atoms with Crippen LogP contribution in [0.25, 0.3) is 11.1 Å². The van der Waals surface area contributed by atoms with Gasteiger partial charge in [0.25, 0.3) is 5.91 Å². The van der Waals surface area contributed by atoms with Crippen molar-refractivity contribution in [3.05, 3.63) is 90.0 Å². The van der Waals surface area contributed by atoms with Crippen molar-refractivity contribution in [2.45, 2.75) is 83.2 Å². The van der Waals surface area contributed by atoms with Crippen molar-refractivity contribution in [2.24, 2.45) is 0 Å². The average molecular weight is 595 g/mol. The van der Waals surface area contributed by atoms with Crippen LogP contribution < -0.4 is 10.1 Å². The third-order valence-corrected chi connectivity index (χ3v) is 7.47. The minimum Gasteiger partial charge on any atom is -0.493 e. The van der Waals surface area contributed by atoms with Gasteiger partial charge in [0.15, 0.2) is 0 Å². The van der Waals surface area contributed by atoms with Gasteiger partial charge in [-0.25, -0.2) is 0 Å².